The molecular weight excluding hydrogens is 3960 g/mol. The van der Waals surface area contributed by atoms with E-state index in [1.165, 1.54) is 78.6 Å². The molecule has 0 aliphatic heterocycles. The average molecular weight is 3990 g/mol. The first kappa shape index (κ1) is 154. The van der Waals surface area contributed by atoms with E-state index in [0.717, 1.165) is 11.4 Å². The molecule has 0 unspecified atom stereocenters. The second-order valence-electron chi connectivity index (χ2n) is 18.7. The summed E-state index contributed by atoms with van der Waals surface area (Å²) in [7, 11) is 192. The highest BCUT2D eigenvalue weighted by Crippen LogP contribution is 2.52. The Balaban J connectivity index is 0.000000592. The van der Waals surface area contributed by atoms with Crippen molar-refractivity contribution in [3.63, 3.8) is 0 Å². The zero-order chi connectivity index (χ0) is 105. The van der Waals surface area contributed by atoms with Crippen molar-refractivity contribution in [3.05, 3.63) is 151 Å². The van der Waals surface area contributed by atoms with Gasteiger partial charge in [-0.3, -0.25) is 0 Å². The summed E-state index contributed by atoms with van der Waals surface area (Å²) in [6, 6.07) is 50.4. The van der Waals surface area contributed by atoms with Crippen LogP contribution in [0, 0.1) is 0 Å². The number of anilines is 2. The van der Waals surface area contributed by atoms with Gasteiger partial charge in [0.2, 0.25) is 0 Å². The lowest BCUT2D eigenvalue weighted by Crippen LogP contribution is -2.14. The number of hydrogen-bond donors (Lipinski definition) is 1. The normalized spacial score (nSPS) is 9.38. The molecule has 0 radical (unpaired) electrons. The minimum absolute atomic E-state index is 0.00884. The summed E-state index contributed by atoms with van der Waals surface area (Å²) in [5.74, 6) is 0. The Labute approximate surface area is 1170 Å². The summed E-state index contributed by atoms with van der Waals surface area (Å²) in [5, 5.41) is 6.30. The van der Waals surface area contributed by atoms with Crippen LogP contribution in [0.4, 0.5) is 11.4 Å². The van der Waals surface area contributed by atoms with E-state index in [1.807, 2.05) is 817 Å². The number of nitrogens with one attached hydrogen (secondary N) is 1. The van der Waals surface area contributed by atoms with Crippen LogP contribution in [-0.4, -0.2) is 4.57 Å². The fraction of sp³-hybridized carbons (Fsp3) is 0.0769. The Morgan fingerprint density at radius 2 is 0.383 bits per heavy atom. The minimum Gasteiger partial charge on any atom is -0.355 e. The molecule has 1 N–H and O–H groups in total. The lowest BCUT2D eigenvalue weighted by atomic mass is 9.82. The maximum atomic E-state index is 4.83. The maximum absolute atomic E-state index is 4.83. The summed E-state index contributed by atoms with van der Waals surface area (Å²) >= 11 is 9.66. The van der Waals surface area contributed by atoms with Crippen LogP contribution in [0.5, 0.6) is 0 Å². The molecule has 8 rings (SSSR count). The van der Waals surface area contributed by atoms with E-state index in [-0.39, 0.29) is 5.41 Å². The quantitative estimate of drug-likeness (QED) is 0.189. The van der Waals surface area contributed by atoms with Gasteiger partial charge >= 0.3 is 0 Å². The number of para-hydroxylation sites is 2. The van der Waals surface area contributed by atoms with E-state index in [9.17, 15) is 0 Å². The van der Waals surface area contributed by atoms with Crippen LogP contribution in [0.3, 0.4) is 0 Å². The maximum Gasteiger partial charge on any atom is 0.0547 e. The molecule has 7 aromatic rings. The molecule has 1 aliphatic rings. The van der Waals surface area contributed by atoms with Gasteiger partial charge in [0.15, 0.2) is 0 Å². The third-order valence-electron chi connectivity index (χ3n) is 11.7. The van der Waals surface area contributed by atoms with Crippen molar-refractivity contribution in [2.45, 2.75) is 19.3 Å². The second-order valence-corrected chi connectivity index (χ2v) is 206. The Bertz CT molecular complexity index is 11400. The smallest absolute Gasteiger partial charge is 0.0547 e. The molecule has 0 spiro atoms. The molecule has 0 amide bonds. The summed E-state index contributed by atoms with van der Waals surface area (Å²) in [6.07, 6.45) is 0. The summed E-state index contributed by atoms with van der Waals surface area (Å²) < 4.78 is 2.37. The molecule has 0 bridgehead atoms. The molecule has 2 nitrogen and oxygen atoms in total. The molecule has 0 saturated carbocycles. The van der Waals surface area contributed by atoms with Gasteiger partial charge in [0.1, 0.15) is 0 Å². The highest BCUT2D eigenvalue weighted by molar-refractivity contribution is 8.88. The van der Waals surface area contributed by atoms with Crippen molar-refractivity contribution in [2.75, 3.05) is 5.32 Å². The predicted molar refractivity (Wildman–Crippen MR) is 969 cm³/mol. The highest BCUT2D eigenvalue weighted by Gasteiger charge is 2.36. The van der Waals surface area contributed by atoms with Gasteiger partial charge in [-0.15, -0.1) is 0 Å². The third-order valence-corrected chi connectivity index (χ3v) is 245. The van der Waals surface area contributed by atoms with Gasteiger partial charge in [-0.05, 0) is 70.3 Å². The number of benzene rings is 6. The van der Waals surface area contributed by atoms with Gasteiger partial charge < -0.3 is 9.88 Å². The van der Waals surface area contributed by atoms with Crippen LogP contribution >= 0.6 is 0 Å². The van der Waals surface area contributed by atoms with Crippen molar-refractivity contribution in [3.8, 4) is 27.9 Å². The SMILES string of the molecule is CC1(C)c2ccccc2-c2c(Nc3ccc(-c4cccc5c4c4ccccc4n5-c4ccccc4)cc3)cccc21.S=S=S=S=S=S=S=S=S=S=S=S=S=S=S=S=S=S=S=S=S=S=S=S=S=S=S=S=S=S=S=S=S=S=S=S=S=S=S=S=S=S=S=S=S=S=S=S=S=S=S=S=S=S=S=S=S=S=S=S=S=S=S=S=S=S=S=S=S=S=S=S=S=S=S=S=S=S=S=S=S=S=S=S=S=S=S=S=S=S=S=S=S=S=S=S=S=S=S=S=S=S=S=S=S=S=S=S. The molecule has 1 heterocycles. The van der Waals surface area contributed by atoms with Crippen molar-refractivity contribution in [2.24, 2.45) is 0 Å². The second kappa shape index (κ2) is 118. The average Bonchev–Trinajstić information content (AvgIpc) is 1.58. The molecule has 1 aliphatic carbocycles. The van der Waals surface area contributed by atoms with Crippen molar-refractivity contribution < 1.29 is 0 Å². The van der Waals surface area contributed by atoms with Crippen molar-refractivity contribution >= 4 is 997 Å². The van der Waals surface area contributed by atoms with Gasteiger partial charge in [-0.25, -0.2) is 0 Å². The Morgan fingerprint density at radius 1 is 0.181 bits per heavy atom. The number of nitrogens with zero attached hydrogens (tertiary/aromatic N) is 1. The molecule has 6 aromatic carbocycles. The molecule has 0 saturated heterocycles. The van der Waals surface area contributed by atoms with Gasteiger partial charge in [-0.2, -0.15) is 0 Å². The zero-order valence-electron chi connectivity index (χ0n) is 67.3. The summed E-state index contributed by atoms with van der Waals surface area (Å²) in [5.41, 5.74) is 13.7. The van der Waals surface area contributed by atoms with Crippen molar-refractivity contribution in [1.29, 1.82) is 0 Å². The lowest BCUT2D eigenvalue weighted by molar-refractivity contribution is 0.660. The van der Waals surface area contributed by atoms with Gasteiger partial charge in [0.25, 0.3) is 0 Å². The number of hydrogen-bond acceptors (Lipinski definition) is 3. The number of aromatic nitrogens is 1. The first-order valence-electron chi connectivity index (χ1n) is 32.1. The largest absolute Gasteiger partial charge is 0.355 e. The van der Waals surface area contributed by atoms with Crippen LogP contribution in [0.1, 0.15) is 25.0 Å². The minimum atomic E-state index is -0.00884. The molecule has 149 heavy (non-hydrogen) atoms. The zero-order valence-corrected chi connectivity index (χ0v) is 155. The molecule has 0 fully saturated rings. The number of fused-ring (bicyclic) bond motifs is 6. The van der Waals surface area contributed by atoms with E-state index >= 15 is 0 Å². The van der Waals surface area contributed by atoms with Gasteiger partial charge in [-0.1, -0.05) is 111 Å². The van der Waals surface area contributed by atoms with Crippen LogP contribution in [0.15, 0.2) is 140 Å². The van der Waals surface area contributed by atoms with Gasteiger partial charge in [0.05, 0.1) is 11.0 Å². The Kier molecular flexibility index (Phi) is 123. The predicted octanol–water partition coefficient (Wildman–Crippen LogP) is 10.2. The van der Waals surface area contributed by atoms with Gasteiger partial charge in [0, 0.05) is 1000 Å². The van der Waals surface area contributed by atoms with E-state index in [0.29, 0.717) is 0 Å². The van der Waals surface area contributed by atoms with E-state index in [1.54, 1.807) is 107 Å². The fourth-order valence-corrected chi connectivity index (χ4v) is 293. The number of rotatable bonds is 4. The monoisotopic (exact) mass is 3980 g/mol. The highest BCUT2D eigenvalue weighted by atomic mass is 33.6. The molecular formula is C39H30N2S108. The lowest BCUT2D eigenvalue weighted by Gasteiger charge is -2.21. The molecule has 110 heteroatoms. The van der Waals surface area contributed by atoms with E-state index < -0.39 is 0 Å². The Hall–Kier alpha value is 18.7. The molecule has 1 aromatic heterocycles. The molecule has 0 atom stereocenters. The third kappa shape index (κ3) is 84.2. The van der Waals surface area contributed by atoms with Crippen LogP contribution in [0.25, 0.3) is 49.7 Å². The standard InChI is InChI=1S/C39H30N2.S108/c1-39(2)32-17-8-6-14-30(32)38-33(39)18-11-19-34(38)40-27-24-22-26(23-25-27)29-16-10-21-36-37(29)31-15-7-9-20-35(31)41(36)28-12-4-3-5-13-28;1-3-5-7-9-11-13-15-17-19-21-23-25-27-29-31-33-35-37-39-41-43-45-47-49-51-53-55-57-59-61-63-65-67-69-71-73-75-77-79-81-83-85-87-89-91-93-95-97-99-101-103-105-107-108-106-104-102-100-98-96-94-92-90-88-86-84-82-80-78-76-74-72-70-68-66-64-62-60-58-56-54-52-50-48-46-44-42-40-38-36-34-32-30-28-26-24-22-20-18-16-14-12-10-8-6-4-2/h3-25,40H,1-2H3;. The van der Waals surface area contributed by atoms with E-state index in [4.69, 9.17) is 22.4 Å². The first-order valence-corrected chi connectivity index (χ1v) is 175. The van der Waals surface area contributed by atoms with Crippen LogP contribution in [0.2, 0.25) is 0 Å². The van der Waals surface area contributed by atoms with Crippen LogP contribution in [-0.2, 0) is 969 Å². The summed E-state index contributed by atoms with van der Waals surface area (Å²) in [4.78, 5) is 0. The molecule has 844 valence electrons. The van der Waals surface area contributed by atoms with Crippen LogP contribution < -0.4 is 5.32 Å². The first-order chi connectivity index (χ1) is 74.0. The summed E-state index contributed by atoms with van der Waals surface area (Å²) in [6.45, 7) is 4.65. The fourth-order valence-electron chi connectivity index (χ4n) is 8.04. The Morgan fingerprint density at radius 3 is 0.638 bits per heavy atom. The topological polar surface area (TPSA) is 17.0 Å². The van der Waals surface area contributed by atoms with Crippen molar-refractivity contribution in [1.82, 2.24) is 4.57 Å². The van der Waals surface area contributed by atoms with E-state index in [2.05, 4.69) is 163 Å².